The van der Waals surface area contributed by atoms with Crippen LogP contribution >= 0.6 is 11.3 Å². The lowest BCUT2D eigenvalue weighted by Crippen LogP contribution is -2.31. The summed E-state index contributed by atoms with van der Waals surface area (Å²) < 4.78 is 43.3. The van der Waals surface area contributed by atoms with Gasteiger partial charge in [0.15, 0.2) is 11.0 Å². The largest absolute Gasteiger partial charge is 0.416 e. The summed E-state index contributed by atoms with van der Waals surface area (Å²) in [5, 5.41) is 4.29. The lowest BCUT2D eigenvalue weighted by molar-refractivity contribution is -0.137. The first kappa shape index (κ1) is 19.4. The van der Waals surface area contributed by atoms with E-state index in [4.69, 9.17) is 4.52 Å². The number of carbonyl (C=O) groups excluding carboxylic acids is 1. The molecule has 1 aliphatic rings. The van der Waals surface area contributed by atoms with E-state index in [1.807, 2.05) is 0 Å². The van der Waals surface area contributed by atoms with Gasteiger partial charge in [0.1, 0.15) is 4.88 Å². The number of aromatic nitrogens is 3. The van der Waals surface area contributed by atoms with Crippen molar-refractivity contribution in [1.29, 1.82) is 0 Å². The quantitative estimate of drug-likeness (QED) is 0.627. The van der Waals surface area contributed by atoms with E-state index in [1.54, 1.807) is 23.6 Å². The highest BCUT2D eigenvalue weighted by Gasteiger charge is 2.33. The highest BCUT2D eigenvalue weighted by atomic mass is 32.1. The van der Waals surface area contributed by atoms with Crippen LogP contribution in [-0.2, 0) is 12.7 Å². The van der Waals surface area contributed by atoms with Crippen molar-refractivity contribution in [2.24, 2.45) is 0 Å². The summed E-state index contributed by atoms with van der Waals surface area (Å²) in [5.41, 5.74) is 0.603. The molecular weight excluding hydrogens is 407 g/mol. The number of benzene rings is 1. The summed E-state index contributed by atoms with van der Waals surface area (Å²) >= 11 is 1.29. The molecule has 2 amide bonds. The summed E-state index contributed by atoms with van der Waals surface area (Å²) in [4.78, 5) is 25.3. The van der Waals surface area contributed by atoms with Gasteiger partial charge in [-0.05, 0) is 31.5 Å². The van der Waals surface area contributed by atoms with Crippen LogP contribution in [-0.4, -0.2) is 39.1 Å². The topological polar surface area (TPSA) is 75.4 Å². The molecule has 2 aromatic heterocycles. The fraction of sp³-hybridized carbons (Fsp3) is 0.333. The molecule has 7 nitrogen and oxygen atoms in total. The number of carbonyl (C=O) groups is 1. The second-order valence-electron chi connectivity index (χ2n) is 6.61. The maximum atomic E-state index is 12.8. The molecule has 0 spiro atoms. The minimum atomic E-state index is -4.38. The molecule has 3 heterocycles. The van der Waals surface area contributed by atoms with E-state index in [1.165, 1.54) is 23.5 Å². The van der Waals surface area contributed by atoms with E-state index in [0.29, 0.717) is 46.1 Å². The number of thiazole rings is 1. The lowest BCUT2D eigenvalue weighted by Gasteiger charge is -2.17. The molecule has 3 aromatic rings. The van der Waals surface area contributed by atoms with Crippen molar-refractivity contribution in [2.45, 2.75) is 26.6 Å². The Kier molecular flexibility index (Phi) is 4.77. The predicted molar refractivity (Wildman–Crippen MR) is 99.5 cm³/mol. The predicted octanol–water partition coefficient (Wildman–Crippen LogP) is 4.27. The van der Waals surface area contributed by atoms with Gasteiger partial charge in [-0.3, -0.25) is 4.90 Å². The first-order valence-corrected chi connectivity index (χ1v) is 9.54. The Morgan fingerprint density at radius 1 is 1.14 bits per heavy atom. The van der Waals surface area contributed by atoms with E-state index in [-0.39, 0.29) is 12.6 Å². The number of amides is 2. The highest BCUT2D eigenvalue weighted by molar-refractivity contribution is 7.19. The number of anilines is 1. The molecular formula is C18H16F3N5O2S. The second kappa shape index (κ2) is 7.14. The number of aryl methyl sites for hydroxylation is 2. The zero-order valence-electron chi connectivity index (χ0n) is 15.5. The monoisotopic (exact) mass is 423 g/mol. The van der Waals surface area contributed by atoms with Crippen molar-refractivity contribution in [3.8, 4) is 10.8 Å². The minimum Gasteiger partial charge on any atom is -0.333 e. The average molecular weight is 423 g/mol. The molecule has 11 heteroatoms. The molecule has 1 fully saturated rings. The van der Waals surface area contributed by atoms with Gasteiger partial charge in [-0.1, -0.05) is 28.6 Å². The number of halogens is 3. The van der Waals surface area contributed by atoms with Gasteiger partial charge in [0.2, 0.25) is 0 Å². The normalized spacial score (nSPS) is 14.9. The molecule has 0 saturated carbocycles. The smallest absolute Gasteiger partial charge is 0.333 e. The number of hydrogen-bond acceptors (Lipinski definition) is 6. The van der Waals surface area contributed by atoms with Crippen molar-refractivity contribution in [1.82, 2.24) is 20.0 Å². The molecule has 1 aromatic carbocycles. The van der Waals surface area contributed by atoms with Crippen molar-refractivity contribution >= 4 is 22.5 Å². The van der Waals surface area contributed by atoms with E-state index < -0.39 is 11.7 Å². The number of urea groups is 1. The molecule has 152 valence electrons. The Morgan fingerprint density at radius 2 is 1.86 bits per heavy atom. The fourth-order valence-corrected chi connectivity index (χ4v) is 4.02. The number of alkyl halides is 3. The highest BCUT2D eigenvalue weighted by Crippen LogP contribution is 2.35. The third-order valence-corrected chi connectivity index (χ3v) is 5.66. The second-order valence-corrected chi connectivity index (χ2v) is 7.59. The van der Waals surface area contributed by atoms with Gasteiger partial charge in [0, 0.05) is 19.6 Å². The Morgan fingerprint density at radius 3 is 2.48 bits per heavy atom. The van der Waals surface area contributed by atoms with Gasteiger partial charge < -0.3 is 9.42 Å². The molecule has 0 N–H and O–H groups in total. The maximum Gasteiger partial charge on any atom is 0.416 e. The van der Waals surface area contributed by atoms with Gasteiger partial charge >= 0.3 is 12.2 Å². The summed E-state index contributed by atoms with van der Waals surface area (Å²) in [7, 11) is 0. The Balaban J connectivity index is 1.48. The Hall–Kier alpha value is -2.95. The molecule has 1 saturated heterocycles. The third kappa shape index (κ3) is 3.82. The molecule has 0 bridgehead atoms. The van der Waals surface area contributed by atoms with Gasteiger partial charge in [-0.25, -0.2) is 9.78 Å². The van der Waals surface area contributed by atoms with E-state index in [0.717, 1.165) is 12.1 Å². The van der Waals surface area contributed by atoms with Crippen molar-refractivity contribution in [3.05, 3.63) is 46.9 Å². The molecule has 0 aliphatic carbocycles. The molecule has 0 radical (unpaired) electrons. The number of hydrogen-bond donors (Lipinski definition) is 0. The standard InChI is InChI=1S/C18H16F3N5O2S/c1-10-14(15-23-11(2)24-28-15)29-16(22-10)26-8-7-25(17(26)27)9-12-3-5-13(6-4-12)18(19,20)21/h3-6H,7-9H2,1-2H3. The fourth-order valence-electron chi connectivity index (χ4n) is 3.01. The molecule has 29 heavy (non-hydrogen) atoms. The summed E-state index contributed by atoms with van der Waals surface area (Å²) in [6.45, 7) is 4.64. The van der Waals surface area contributed by atoms with E-state index in [2.05, 4.69) is 15.1 Å². The SMILES string of the molecule is Cc1noc(-c2sc(N3CCN(Cc4ccc(C(F)(F)F)cc4)C3=O)nc2C)n1. The molecule has 1 aliphatic heterocycles. The van der Waals surface area contributed by atoms with Gasteiger partial charge in [0.25, 0.3) is 5.89 Å². The molecule has 0 unspecified atom stereocenters. The van der Waals surface area contributed by atoms with Crippen LogP contribution in [0.25, 0.3) is 10.8 Å². The first-order valence-electron chi connectivity index (χ1n) is 8.73. The summed E-state index contributed by atoms with van der Waals surface area (Å²) in [5.74, 6) is 0.867. The summed E-state index contributed by atoms with van der Waals surface area (Å²) in [6, 6.07) is 4.59. The zero-order valence-corrected chi connectivity index (χ0v) is 16.3. The average Bonchev–Trinajstić information content (AvgIpc) is 3.34. The van der Waals surface area contributed by atoms with Crippen LogP contribution in [0.4, 0.5) is 23.1 Å². The minimum absolute atomic E-state index is 0.230. The third-order valence-electron chi connectivity index (χ3n) is 4.49. The Labute approximate surface area is 167 Å². The van der Waals surface area contributed by atoms with E-state index in [9.17, 15) is 18.0 Å². The van der Waals surface area contributed by atoms with Gasteiger partial charge in [-0.15, -0.1) is 0 Å². The molecule has 0 atom stereocenters. The first-order chi connectivity index (χ1) is 13.7. The van der Waals surface area contributed by atoms with Crippen LogP contribution in [0.1, 0.15) is 22.6 Å². The van der Waals surface area contributed by atoms with Crippen molar-refractivity contribution in [3.63, 3.8) is 0 Å². The van der Waals surface area contributed by atoms with Crippen molar-refractivity contribution in [2.75, 3.05) is 18.0 Å². The van der Waals surface area contributed by atoms with Crippen LogP contribution in [0.3, 0.4) is 0 Å². The Bertz CT molecular complexity index is 1040. The lowest BCUT2D eigenvalue weighted by atomic mass is 10.1. The van der Waals surface area contributed by atoms with Crippen LogP contribution in [0.5, 0.6) is 0 Å². The van der Waals surface area contributed by atoms with Gasteiger partial charge in [-0.2, -0.15) is 18.2 Å². The maximum absolute atomic E-state index is 12.8. The molecule has 4 rings (SSSR count). The van der Waals surface area contributed by atoms with Crippen LogP contribution in [0.15, 0.2) is 28.8 Å². The van der Waals surface area contributed by atoms with Crippen LogP contribution in [0.2, 0.25) is 0 Å². The van der Waals surface area contributed by atoms with Crippen LogP contribution < -0.4 is 4.90 Å². The number of nitrogens with zero attached hydrogens (tertiary/aromatic N) is 5. The van der Waals surface area contributed by atoms with Crippen LogP contribution in [0, 0.1) is 13.8 Å². The van der Waals surface area contributed by atoms with Gasteiger partial charge in [0.05, 0.1) is 11.3 Å². The zero-order chi connectivity index (χ0) is 20.8. The van der Waals surface area contributed by atoms with Crippen molar-refractivity contribution < 1.29 is 22.5 Å². The summed E-state index contributed by atoms with van der Waals surface area (Å²) in [6.07, 6.45) is -4.38. The van der Waals surface area contributed by atoms with E-state index >= 15 is 0 Å². The number of rotatable bonds is 4.